The summed E-state index contributed by atoms with van der Waals surface area (Å²) in [6.45, 7) is 3.63. The lowest BCUT2D eigenvalue weighted by molar-refractivity contribution is -0.139. The van der Waals surface area contributed by atoms with Crippen LogP contribution in [0, 0.1) is 5.92 Å². The largest absolute Gasteiger partial charge is 0.480 e. The summed E-state index contributed by atoms with van der Waals surface area (Å²) in [4.78, 5) is 21.7. The highest BCUT2D eigenvalue weighted by atomic mass is 16.4. The Morgan fingerprint density at radius 1 is 1.38 bits per heavy atom. The number of carbonyl (C=O) groups excluding carboxylic acids is 1. The number of ketones is 1. The third-order valence-electron chi connectivity index (χ3n) is 1.97. The maximum Gasteiger partial charge on any atom is 0.320 e. The molecule has 4 nitrogen and oxygen atoms in total. The van der Waals surface area contributed by atoms with Gasteiger partial charge in [-0.25, -0.2) is 0 Å². The molecular weight excluding hydrogens is 170 g/mol. The van der Waals surface area contributed by atoms with E-state index in [0.29, 0.717) is 12.8 Å². The van der Waals surface area contributed by atoms with Crippen LogP contribution in [0.2, 0.25) is 0 Å². The fraction of sp³-hybridized carbons (Fsp3) is 0.778. The number of hydrogen-bond donors (Lipinski definition) is 2. The quantitative estimate of drug-likeness (QED) is 0.641. The Hall–Kier alpha value is -0.900. The van der Waals surface area contributed by atoms with Crippen LogP contribution in [0.15, 0.2) is 0 Å². The third kappa shape index (κ3) is 4.62. The van der Waals surface area contributed by atoms with E-state index in [1.807, 2.05) is 13.8 Å². The second-order valence-corrected chi connectivity index (χ2v) is 3.34. The Kier molecular flexibility index (Phi) is 5.30. The molecule has 0 radical (unpaired) electrons. The molecule has 0 saturated heterocycles. The molecule has 0 aromatic heterocycles. The first-order valence-corrected chi connectivity index (χ1v) is 4.41. The van der Waals surface area contributed by atoms with Gasteiger partial charge in [0.05, 0.1) is 0 Å². The number of Topliss-reactive ketones (excluding diaryl/α,β-unsaturated/α-hetero) is 1. The van der Waals surface area contributed by atoms with Crippen molar-refractivity contribution in [2.24, 2.45) is 5.92 Å². The lowest BCUT2D eigenvalue weighted by Gasteiger charge is -2.10. The topological polar surface area (TPSA) is 66.4 Å². The van der Waals surface area contributed by atoms with Crippen molar-refractivity contribution in [1.82, 2.24) is 5.32 Å². The van der Waals surface area contributed by atoms with Crippen molar-refractivity contribution in [2.45, 2.75) is 32.7 Å². The Balaban J connectivity index is 3.85. The molecule has 0 bridgehead atoms. The smallest absolute Gasteiger partial charge is 0.320 e. The highest BCUT2D eigenvalue weighted by molar-refractivity contribution is 5.81. The molecule has 1 unspecified atom stereocenters. The van der Waals surface area contributed by atoms with Crippen LogP contribution in [0.25, 0.3) is 0 Å². The second-order valence-electron chi connectivity index (χ2n) is 3.34. The number of carboxylic acid groups (broad SMARTS) is 1. The summed E-state index contributed by atoms with van der Waals surface area (Å²) in [5, 5.41) is 11.3. The highest BCUT2D eigenvalue weighted by Crippen LogP contribution is 2.04. The van der Waals surface area contributed by atoms with E-state index in [4.69, 9.17) is 5.11 Å². The molecule has 76 valence electrons. The van der Waals surface area contributed by atoms with E-state index in [1.165, 1.54) is 0 Å². The normalized spacial score (nSPS) is 12.9. The molecule has 0 spiro atoms. The first kappa shape index (κ1) is 12.1. The molecule has 0 aromatic rings. The van der Waals surface area contributed by atoms with Crippen LogP contribution >= 0.6 is 0 Å². The molecule has 4 heteroatoms. The lowest BCUT2D eigenvalue weighted by Crippen LogP contribution is -2.34. The summed E-state index contributed by atoms with van der Waals surface area (Å²) in [6, 6.07) is -0.609. The molecule has 0 rings (SSSR count). The van der Waals surface area contributed by atoms with Crippen LogP contribution < -0.4 is 5.32 Å². The monoisotopic (exact) mass is 187 g/mol. The van der Waals surface area contributed by atoms with Crippen molar-refractivity contribution in [3.05, 3.63) is 0 Å². The molecule has 0 aliphatic heterocycles. The number of likely N-dealkylation sites (N-methyl/N-ethyl adjacent to an activating group) is 1. The highest BCUT2D eigenvalue weighted by Gasteiger charge is 2.17. The van der Waals surface area contributed by atoms with Gasteiger partial charge in [-0.3, -0.25) is 9.59 Å². The zero-order chi connectivity index (χ0) is 10.4. The predicted octanol–water partition coefficient (Wildman–Crippen LogP) is 0.664. The summed E-state index contributed by atoms with van der Waals surface area (Å²) in [7, 11) is 1.58. The molecule has 0 amide bonds. The van der Waals surface area contributed by atoms with Crippen molar-refractivity contribution < 1.29 is 14.7 Å². The van der Waals surface area contributed by atoms with Crippen LogP contribution in [0.3, 0.4) is 0 Å². The fourth-order valence-corrected chi connectivity index (χ4v) is 0.967. The number of hydrogen-bond acceptors (Lipinski definition) is 3. The molecule has 0 aliphatic carbocycles. The predicted molar refractivity (Wildman–Crippen MR) is 49.6 cm³/mol. The zero-order valence-corrected chi connectivity index (χ0v) is 8.33. The van der Waals surface area contributed by atoms with Crippen LogP contribution in [-0.2, 0) is 9.59 Å². The molecule has 0 aromatic carbocycles. The number of nitrogens with one attached hydrogen (secondary N) is 1. The Morgan fingerprint density at radius 2 is 1.92 bits per heavy atom. The van der Waals surface area contributed by atoms with Gasteiger partial charge in [-0.05, 0) is 13.5 Å². The van der Waals surface area contributed by atoms with Crippen molar-refractivity contribution >= 4 is 11.8 Å². The van der Waals surface area contributed by atoms with Crippen molar-refractivity contribution in [1.29, 1.82) is 0 Å². The Morgan fingerprint density at radius 3 is 2.23 bits per heavy atom. The summed E-state index contributed by atoms with van der Waals surface area (Å²) < 4.78 is 0. The van der Waals surface area contributed by atoms with Gasteiger partial charge < -0.3 is 10.4 Å². The molecular formula is C9H17NO3. The lowest BCUT2D eigenvalue weighted by atomic mass is 10.0. The zero-order valence-electron chi connectivity index (χ0n) is 8.33. The van der Waals surface area contributed by atoms with Crippen molar-refractivity contribution in [3.63, 3.8) is 0 Å². The second kappa shape index (κ2) is 5.70. The fourth-order valence-electron chi connectivity index (χ4n) is 0.967. The van der Waals surface area contributed by atoms with Crippen LogP contribution in [0.4, 0.5) is 0 Å². The minimum absolute atomic E-state index is 0.00805. The van der Waals surface area contributed by atoms with Crippen LogP contribution in [-0.4, -0.2) is 29.9 Å². The number of aliphatic carboxylic acids is 1. The van der Waals surface area contributed by atoms with Gasteiger partial charge in [0, 0.05) is 12.3 Å². The number of carbonyl (C=O) groups is 2. The first-order valence-electron chi connectivity index (χ1n) is 4.41. The Labute approximate surface area is 78.3 Å². The van der Waals surface area contributed by atoms with Gasteiger partial charge in [-0.15, -0.1) is 0 Å². The van der Waals surface area contributed by atoms with E-state index < -0.39 is 12.0 Å². The van der Waals surface area contributed by atoms with Gasteiger partial charge in [0.25, 0.3) is 0 Å². The van der Waals surface area contributed by atoms with Crippen molar-refractivity contribution in [3.8, 4) is 0 Å². The third-order valence-corrected chi connectivity index (χ3v) is 1.97. The van der Waals surface area contributed by atoms with Gasteiger partial charge in [-0.1, -0.05) is 13.8 Å². The minimum atomic E-state index is -0.904. The standard InChI is InChI=1S/C9H17NO3/c1-6(2)8(11)5-4-7(10-3)9(12)13/h6-7,10H,4-5H2,1-3H3,(H,12,13). The van der Waals surface area contributed by atoms with E-state index in [0.717, 1.165) is 0 Å². The van der Waals surface area contributed by atoms with Gasteiger partial charge >= 0.3 is 5.97 Å². The number of rotatable bonds is 6. The molecule has 13 heavy (non-hydrogen) atoms. The summed E-state index contributed by atoms with van der Waals surface area (Å²) in [5.41, 5.74) is 0. The molecule has 0 saturated carbocycles. The van der Waals surface area contributed by atoms with Crippen molar-refractivity contribution in [2.75, 3.05) is 7.05 Å². The maximum absolute atomic E-state index is 11.2. The Bertz CT molecular complexity index is 189. The minimum Gasteiger partial charge on any atom is -0.480 e. The van der Waals surface area contributed by atoms with E-state index in [1.54, 1.807) is 7.05 Å². The van der Waals surface area contributed by atoms with Gasteiger partial charge in [0.1, 0.15) is 11.8 Å². The average Bonchev–Trinajstić information content (AvgIpc) is 2.04. The van der Waals surface area contributed by atoms with Gasteiger partial charge in [-0.2, -0.15) is 0 Å². The number of carboxylic acids is 1. The molecule has 0 heterocycles. The average molecular weight is 187 g/mol. The summed E-state index contributed by atoms with van der Waals surface area (Å²) in [6.07, 6.45) is 0.693. The molecule has 2 N–H and O–H groups in total. The molecule has 0 fully saturated rings. The first-order chi connectivity index (χ1) is 5.99. The van der Waals surface area contributed by atoms with E-state index >= 15 is 0 Å². The molecule has 1 atom stereocenters. The van der Waals surface area contributed by atoms with Gasteiger partial charge in [0.15, 0.2) is 0 Å². The van der Waals surface area contributed by atoms with E-state index in [-0.39, 0.29) is 11.7 Å². The van der Waals surface area contributed by atoms with Crippen LogP contribution in [0.1, 0.15) is 26.7 Å². The van der Waals surface area contributed by atoms with E-state index in [9.17, 15) is 9.59 Å². The van der Waals surface area contributed by atoms with Gasteiger partial charge in [0.2, 0.25) is 0 Å². The van der Waals surface area contributed by atoms with Crippen LogP contribution in [0.5, 0.6) is 0 Å². The summed E-state index contributed by atoms with van der Waals surface area (Å²) in [5.74, 6) is -0.799. The SMILES string of the molecule is CNC(CCC(=O)C(C)C)C(=O)O. The maximum atomic E-state index is 11.2. The summed E-state index contributed by atoms with van der Waals surface area (Å²) >= 11 is 0. The molecule has 0 aliphatic rings. The van der Waals surface area contributed by atoms with E-state index in [2.05, 4.69) is 5.32 Å².